The number of carbonyl (C=O) groups excluding carboxylic acids is 2. The molecule has 0 unspecified atom stereocenters. The molecule has 1 heterocycles. The SMILES string of the molecule is CCOC(=O)C(=O)Cn1ccnn1. The number of ketones is 1. The summed E-state index contributed by atoms with van der Waals surface area (Å²) in [5.41, 5.74) is 0. The molecule has 0 bridgehead atoms. The van der Waals surface area contributed by atoms with Gasteiger partial charge in [0.2, 0.25) is 0 Å². The maximum atomic E-state index is 11.0. The average molecular weight is 183 g/mol. The number of hydrogen-bond acceptors (Lipinski definition) is 5. The van der Waals surface area contributed by atoms with E-state index in [1.807, 2.05) is 0 Å². The van der Waals surface area contributed by atoms with Crippen LogP contribution in [-0.2, 0) is 20.9 Å². The van der Waals surface area contributed by atoms with Gasteiger partial charge in [-0.1, -0.05) is 5.21 Å². The molecule has 0 fully saturated rings. The molecule has 6 nitrogen and oxygen atoms in total. The number of aromatic nitrogens is 3. The van der Waals surface area contributed by atoms with Gasteiger partial charge in [-0.25, -0.2) is 9.48 Å². The van der Waals surface area contributed by atoms with Crippen LogP contribution in [0.5, 0.6) is 0 Å². The third-order valence-electron chi connectivity index (χ3n) is 1.28. The normalized spacial score (nSPS) is 9.62. The van der Waals surface area contributed by atoms with Crippen LogP contribution in [0.3, 0.4) is 0 Å². The molecule has 0 spiro atoms. The lowest BCUT2D eigenvalue weighted by Gasteiger charge is -1.99. The molecule has 1 rings (SSSR count). The topological polar surface area (TPSA) is 74.1 Å². The summed E-state index contributed by atoms with van der Waals surface area (Å²) in [5.74, 6) is -1.47. The summed E-state index contributed by atoms with van der Waals surface area (Å²) in [6.07, 6.45) is 2.93. The van der Waals surface area contributed by atoms with E-state index in [-0.39, 0.29) is 13.2 Å². The molecule has 0 amide bonds. The number of hydrogen-bond donors (Lipinski definition) is 0. The fourth-order valence-electron chi connectivity index (χ4n) is 0.740. The first-order valence-corrected chi connectivity index (χ1v) is 3.78. The van der Waals surface area contributed by atoms with E-state index >= 15 is 0 Å². The summed E-state index contributed by atoms with van der Waals surface area (Å²) in [4.78, 5) is 21.9. The summed E-state index contributed by atoms with van der Waals surface area (Å²) < 4.78 is 5.77. The number of carbonyl (C=O) groups is 2. The smallest absolute Gasteiger partial charge is 0.376 e. The molecule has 0 N–H and O–H groups in total. The van der Waals surface area contributed by atoms with E-state index in [2.05, 4.69) is 15.0 Å². The van der Waals surface area contributed by atoms with Gasteiger partial charge in [-0.3, -0.25) is 4.79 Å². The minimum Gasteiger partial charge on any atom is -0.460 e. The van der Waals surface area contributed by atoms with Gasteiger partial charge in [-0.15, -0.1) is 5.10 Å². The first kappa shape index (κ1) is 9.37. The van der Waals surface area contributed by atoms with E-state index < -0.39 is 11.8 Å². The van der Waals surface area contributed by atoms with Gasteiger partial charge in [0.05, 0.1) is 12.8 Å². The summed E-state index contributed by atoms with van der Waals surface area (Å²) in [6, 6.07) is 0. The monoisotopic (exact) mass is 183 g/mol. The highest BCUT2D eigenvalue weighted by atomic mass is 16.5. The number of ether oxygens (including phenoxy) is 1. The van der Waals surface area contributed by atoms with Gasteiger partial charge >= 0.3 is 5.97 Å². The van der Waals surface area contributed by atoms with Crippen LogP contribution in [0.1, 0.15) is 6.92 Å². The summed E-state index contributed by atoms with van der Waals surface area (Å²) >= 11 is 0. The molecular formula is C7H9N3O3. The van der Waals surface area contributed by atoms with Gasteiger partial charge in [0, 0.05) is 6.20 Å². The van der Waals surface area contributed by atoms with E-state index in [9.17, 15) is 9.59 Å². The van der Waals surface area contributed by atoms with Crippen LogP contribution in [0.25, 0.3) is 0 Å². The predicted molar refractivity (Wildman–Crippen MR) is 41.7 cm³/mol. The molecule has 6 heteroatoms. The molecule has 0 aromatic carbocycles. The van der Waals surface area contributed by atoms with E-state index in [1.54, 1.807) is 6.92 Å². The molecule has 0 atom stereocenters. The number of rotatable bonds is 4. The van der Waals surface area contributed by atoms with Crippen molar-refractivity contribution in [3.63, 3.8) is 0 Å². The lowest BCUT2D eigenvalue weighted by Crippen LogP contribution is -2.22. The first-order chi connectivity index (χ1) is 6.24. The number of nitrogens with zero attached hydrogens (tertiary/aromatic N) is 3. The second-order valence-electron chi connectivity index (χ2n) is 2.24. The fourth-order valence-corrected chi connectivity index (χ4v) is 0.740. The second-order valence-corrected chi connectivity index (χ2v) is 2.24. The Labute approximate surface area is 74.5 Å². The van der Waals surface area contributed by atoms with E-state index in [1.165, 1.54) is 17.1 Å². The van der Waals surface area contributed by atoms with E-state index in [0.29, 0.717) is 0 Å². The third-order valence-corrected chi connectivity index (χ3v) is 1.28. The van der Waals surface area contributed by atoms with Crippen molar-refractivity contribution in [2.24, 2.45) is 0 Å². The van der Waals surface area contributed by atoms with Crippen molar-refractivity contribution < 1.29 is 14.3 Å². The van der Waals surface area contributed by atoms with Gasteiger partial charge in [-0.05, 0) is 6.92 Å². The van der Waals surface area contributed by atoms with Gasteiger partial charge < -0.3 is 4.74 Å². The van der Waals surface area contributed by atoms with Gasteiger partial charge in [0.15, 0.2) is 0 Å². The Hall–Kier alpha value is -1.72. The molecule has 0 aliphatic heterocycles. The van der Waals surface area contributed by atoms with Crippen LogP contribution in [0.2, 0.25) is 0 Å². The van der Waals surface area contributed by atoms with Crippen molar-refractivity contribution in [2.45, 2.75) is 13.5 Å². The lowest BCUT2D eigenvalue weighted by atomic mass is 10.4. The molecule has 0 aliphatic rings. The highest BCUT2D eigenvalue weighted by Gasteiger charge is 2.15. The average Bonchev–Trinajstić information content (AvgIpc) is 2.57. The molecule has 0 saturated heterocycles. The molecule has 1 aromatic heterocycles. The maximum absolute atomic E-state index is 11.0. The van der Waals surface area contributed by atoms with Gasteiger partial charge in [-0.2, -0.15) is 0 Å². The predicted octanol–water partition coefficient (Wildman–Crippen LogP) is -0.590. The lowest BCUT2D eigenvalue weighted by molar-refractivity contribution is -0.153. The summed E-state index contributed by atoms with van der Waals surface area (Å²) in [7, 11) is 0. The van der Waals surface area contributed by atoms with Crippen molar-refractivity contribution in [1.29, 1.82) is 0 Å². The van der Waals surface area contributed by atoms with Crippen molar-refractivity contribution in [1.82, 2.24) is 15.0 Å². The van der Waals surface area contributed by atoms with Crippen LogP contribution in [0, 0.1) is 0 Å². The molecule has 0 saturated carbocycles. The quantitative estimate of drug-likeness (QED) is 0.460. The fraction of sp³-hybridized carbons (Fsp3) is 0.429. The molecule has 70 valence electrons. The van der Waals surface area contributed by atoms with Crippen molar-refractivity contribution in [3.05, 3.63) is 12.4 Å². The molecule has 0 radical (unpaired) electrons. The van der Waals surface area contributed by atoms with Crippen LogP contribution >= 0.6 is 0 Å². The Morgan fingerprint density at radius 3 is 2.85 bits per heavy atom. The third kappa shape index (κ3) is 2.66. The molecule has 1 aromatic rings. The largest absolute Gasteiger partial charge is 0.460 e. The summed E-state index contributed by atoms with van der Waals surface area (Å²) in [5, 5.41) is 7.03. The molecular weight excluding hydrogens is 174 g/mol. The van der Waals surface area contributed by atoms with Crippen LogP contribution < -0.4 is 0 Å². The Bertz CT molecular complexity index is 294. The maximum Gasteiger partial charge on any atom is 0.376 e. The second kappa shape index (κ2) is 4.34. The van der Waals surface area contributed by atoms with Crippen molar-refractivity contribution in [3.8, 4) is 0 Å². The summed E-state index contributed by atoms with van der Waals surface area (Å²) in [6.45, 7) is 1.71. The standard InChI is InChI=1S/C7H9N3O3/c1-2-13-7(12)6(11)5-10-4-3-8-9-10/h3-4H,2,5H2,1H3. The van der Waals surface area contributed by atoms with E-state index in [4.69, 9.17) is 0 Å². The van der Waals surface area contributed by atoms with E-state index in [0.717, 1.165) is 0 Å². The van der Waals surface area contributed by atoms with Crippen LogP contribution in [-0.4, -0.2) is 33.4 Å². The molecule has 13 heavy (non-hydrogen) atoms. The Kier molecular flexibility index (Phi) is 3.13. The highest BCUT2D eigenvalue weighted by molar-refractivity contribution is 6.33. The van der Waals surface area contributed by atoms with Gasteiger partial charge in [0.1, 0.15) is 6.54 Å². The zero-order valence-corrected chi connectivity index (χ0v) is 7.14. The minimum atomic E-state index is -0.835. The van der Waals surface area contributed by atoms with Crippen molar-refractivity contribution in [2.75, 3.05) is 6.61 Å². The van der Waals surface area contributed by atoms with Crippen LogP contribution in [0.15, 0.2) is 12.4 Å². The van der Waals surface area contributed by atoms with Crippen LogP contribution in [0.4, 0.5) is 0 Å². The Morgan fingerprint density at radius 1 is 1.54 bits per heavy atom. The number of esters is 1. The molecule has 0 aliphatic carbocycles. The van der Waals surface area contributed by atoms with Crippen molar-refractivity contribution >= 4 is 11.8 Å². The zero-order chi connectivity index (χ0) is 9.68. The Balaban J connectivity index is 2.46. The first-order valence-electron chi connectivity index (χ1n) is 3.78. The Morgan fingerprint density at radius 2 is 2.31 bits per heavy atom. The minimum absolute atomic E-state index is 0.126. The number of Topliss-reactive ketones (excluding diaryl/α,β-unsaturated/α-hetero) is 1. The zero-order valence-electron chi connectivity index (χ0n) is 7.14. The highest BCUT2D eigenvalue weighted by Crippen LogP contribution is 1.87. The van der Waals surface area contributed by atoms with Gasteiger partial charge in [0.25, 0.3) is 5.78 Å².